The van der Waals surface area contributed by atoms with Gasteiger partial charge in [0.25, 0.3) is 0 Å². The zero-order valence-corrected chi connectivity index (χ0v) is 12.6. The van der Waals surface area contributed by atoms with Crippen molar-refractivity contribution >= 4 is 5.91 Å². The maximum Gasteiger partial charge on any atom is 0.227 e. The maximum absolute atomic E-state index is 12.7. The van der Waals surface area contributed by atoms with Gasteiger partial charge in [-0.1, -0.05) is 30.7 Å². The van der Waals surface area contributed by atoms with Gasteiger partial charge in [-0.3, -0.25) is 4.79 Å². The maximum atomic E-state index is 12.7. The fourth-order valence-electron chi connectivity index (χ4n) is 3.52. The molecule has 1 saturated carbocycles. The lowest BCUT2D eigenvalue weighted by molar-refractivity contribution is -0.143. The van der Waals surface area contributed by atoms with Gasteiger partial charge in [0.15, 0.2) is 0 Å². The van der Waals surface area contributed by atoms with Crippen LogP contribution < -0.4 is 5.73 Å². The summed E-state index contributed by atoms with van der Waals surface area (Å²) in [6.07, 6.45) is 2.97. The van der Waals surface area contributed by atoms with Crippen molar-refractivity contribution < 1.29 is 9.53 Å². The summed E-state index contributed by atoms with van der Waals surface area (Å²) in [5.74, 6) is 0.238. The number of benzene rings is 1. The number of nitrogens with two attached hydrogens (primary N) is 1. The van der Waals surface area contributed by atoms with E-state index in [9.17, 15) is 4.79 Å². The molecular formula is C17H24N2O2. The van der Waals surface area contributed by atoms with Crippen molar-refractivity contribution in [2.24, 2.45) is 11.7 Å². The molecule has 4 heteroatoms. The van der Waals surface area contributed by atoms with Crippen LogP contribution in [0.1, 0.15) is 36.5 Å². The van der Waals surface area contributed by atoms with Crippen molar-refractivity contribution in [1.82, 2.24) is 4.90 Å². The summed E-state index contributed by atoms with van der Waals surface area (Å²) in [5, 5.41) is 0. The first-order valence-corrected chi connectivity index (χ1v) is 7.88. The second-order valence-corrected chi connectivity index (χ2v) is 6.20. The van der Waals surface area contributed by atoms with Crippen LogP contribution in [0.5, 0.6) is 0 Å². The molecule has 0 unspecified atom stereocenters. The van der Waals surface area contributed by atoms with Crippen molar-refractivity contribution in [3.63, 3.8) is 0 Å². The van der Waals surface area contributed by atoms with Gasteiger partial charge in [-0.05, 0) is 30.9 Å². The van der Waals surface area contributed by atoms with Gasteiger partial charge in [0, 0.05) is 12.6 Å². The quantitative estimate of drug-likeness (QED) is 0.906. The molecule has 0 radical (unpaired) electrons. The largest absolute Gasteiger partial charge is 0.370 e. The van der Waals surface area contributed by atoms with E-state index in [4.69, 9.17) is 10.5 Å². The molecule has 1 aliphatic heterocycles. The smallest absolute Gasteiger partial charge is 0.227 e. The van der Waals surface area contributed by atoms with Crippen molar-refractivity contribution in [3.05, 3.63) is 35.4 Å². The van der Waals surface area contributed by atoms with E-state index in [1.807, 2.05) is 17.0 Å². The molecule has 114 valence electrons. The summed E-state index contributed by atoms with van der Waals surface area (Å²) in [4.78, 5) is 14.6. The molecule has 2 N–H and O–H groups in total. The van der Waals surface area contributed by atoms with Gasteiger partial charge in [0.2, 0.25) is 5.91 Å². The molecule has 1 aromatic carbocycles. The molecule has 0 aromatic heterocycles. The fraction of sp³-hybridized carbons (Fsp3) is 0.588. The van der Waals surface area contributed by atoms with Gasteiger partial charge in [-0.2, -0.15) is 0 Å². The third-order valence-corrected chi connectivity index (χ3v) is 4.80. The van der Waals surface area contributed by atoms with E-state index in [1.54, 1.807) is 0 Å². The second-order valence-electron chi connectivity index (χ2n) is 6.20. The van der Waals surface area contributed by atoms with Crippen molar-refractivity contribution in [1.29, 1.82) is 0 Å². The van der Waals surface area contributed by atoms with E-state index in [0.717, 1.165) is 19.3 Å². The molecule has 1 aliphatic carbocycles. The van der Waals surface area contributed by atoms with E-state index >= 15 is 0 Å². The summed E-state index contributed by atoms with van der Waals surface area (Å²) in [6.45, 7) is 4.02. The Bertz CT molecular complexity index is 517. The first-order chi connectivity index (χ1) is 10.2. The molecule has 3 atom stereocenters. The Kier molecular flexibility index (Phi) is 4.27. The zero-order valence-electron chi connectivity index (χ0n) is 12.6. The number of ether oxygens (including phenoxy) is 1. The molecule has 21 heavy (non-hydrogen) atoms. The average Bonchev–Trinajstić information content (AvgIpc) is 2.93. The minimum Gasteiger partial charge on any atom is -0.370 e. The number of carbonyl (C=O) groups is 1. The number of amides is 1. The molecule has 3 rings (SSSR count). The lowest BCUT2D eigenvalue weighted by atomic mass is 9.99. The Morgan fingerprint density at radius 3 is 2.86 bits per heavy atom. The van der Waals surface area contributed by atoms with Crippen LogP contribution in [0.2, 0.25) is 0 Å². The van der Waals surface area contributed by atoms with Crippen LogP contribution in [0.15, 0.2) is 24.3 Å². The van der Waals surface area contributed by atoms with E-state index in [1.165, 1.54) is 11.1 Å². The number of nitrogens with zero attached hydrogens (tertiary/aromatic N) is 1. The SMILES string of the molecule is Cc1ccccc1[C@@H]1CN(C(=O)[C@H]2CCC[C@@H]2N)CCO1. The molecule has 1 aromatic rings. The van der Waals surface area contributed by atoms with Crippen molar-refractivity contribution in [2.75, 3.05) is 19.7 Å². The summed E-state index contributed by atoms with van der Waals surface area (Å²) in [6, 6.07) is 8.28. The lowest BCUT2D eigenvalue weighted by Gasteiger charge is -2.35. The topological polar surface area (TPSA) is 55.6 Å². The van der Waals surface area contributed by atoms with Crippen molar-refractivity contribution in [2.45, 2.75) is 38.3 Å². The van der Waals surface area contributed by atoms with Crippen LogP contribution in [-0.4, -0.2) is 36.5 Å². The fourth-order valence-corrected chi connectivity index (χ4v) is 3.52. The minimum atomic E-state index is -0.0125. The van der Waals surface area contributed by atoms with Gasteiger partial charge in [0.1, 0.15) is 6.10 Å². The monoisotopic (exact) mass is 288 g/mol. The molecule has 2 aliphatic rings. The highest BCUT2D eigenvalue weighted by Gasteiger charge is 2.35. The molecule has 0 spiro atoms. The molecule has 1 amide bonds. The summed E-state index contributed by atoms with van der Waals surface area (Å²) in [5.41, 5.74) is 8.48. The van der Waals surface area contributed by atoms with Crippen LogP contribution >= 0.6 is 0 Å². The van der Waals surface area contributed by atoms with Gasteiger partial charge in [0.05, 0.1) is 19.1 Å². The first kappa shape index (κ1) is 14.5. The number of hydrogen-bond donors (Lipinski definition) is 1. The highest BCUT2D eigenvalue weighted by molar-refractivity contribution is 5.80. The van der Waals surface area contributed by atoms with Gasteiger partial charge < -0.3 is 15.4 Å². The van der Waals surface area contributed by atoms with E-state index in [2.05, 4.69) is 19.1 Å². The van der Waals surface area contributed by atoms with Crippen LogP contribution in [0.3, 0.4) is 0 Å². The number of aryl methyl sites for hydroxylation is 1. The van der Waals surface area contributed by atoms with Gasteiger partial charge >= 0.3 is 0 Å². The number of carbonyl (C=O) groups excluding carboxylic acids is 1. The second kappa shape index (κ2) is 6.16. The predicted molar refractivity (Wildman–Crippen MR) is 81.8 cm³/mol. The normalized spacial score (nSPS) is 29.6. The van der Waals surface area contributed by atoms with Crippen LogP contribution in [0.25, 0.3) is 0 Å². The summed E-state index contributed by atoms with van der Waals surface area (Å²) in [7, 11) is 0. The standard InChI is InChI=1S/C17H24N2O2/c1-12-5-2-3-6-13(12)16-11-19(9-10-21-16)17(20)14-7-4-8-15(14)18/h2-3,5-6,14-16H,4,7-11,18H2,1H3/t14-,15-,16-/m0/s1. The van der Waals surface area contributed by atoms with E-state index in [0.29, 0.717) is 19.7 Å². The molecule has 1 heterocycles. The van der Waals surface area contributed by atoms with Crippen molar-refractivity contribution in [3.8, 4) is 0 Å². The van der Waals surface area contributed by atoms with E-state index in [-0.39, 0.29) is 24.0 Å². The van der Waals surface area contributed by atoms with E-state index < -0.39 is 0 Å². The Hall–Kier alpha value is -1.39. The number of morpholine rings is 1. The summed E-state index contributed by atoms with van der Waals surface area (Å²) >= 11 is 0. The third kappa shape index (κ3) is 2.97. The Morgan fingerprint density at radius 2 is 2.14 bits per heavy atom. The minimum absolute atomic E-state index is 0.0125. The van der Waals surface area contributed by atoms with Crippen LogP contribution in [0.4, 0.5) is 0 Å². The number of rotatable bonds is 2. The molecule has 0 bridgehead atoms. The van der Waals surface area contributed by atoms with Gasteiger partial charge in [-0.25, -0.2) is 0 Å². The molecule has 2 fully saturated rings. The number of hydrogen-bond acceptors (Lipinski definition) is 3. The van der Waals surface area contributed by atoms with Gasteiger partial charge in [-0.15, -0.1) is 0 Å². The zero-order chi connectivity index (χ0) is 14.8. The molecular weight excluding hydrogens is 264 g/mol. The Balaban J connectivity index is 1.71. The Morgan fingerprint density at radius 1 is 1.33 bits per heavy atom. The lowest BCUT2D eigenvalue weighted by Crippen LogP contribution is -2.47. The third-order valence-electron chi connectivity index (χ3n) is 4.80. The highest BCUT2D eigenvalue weighted by atomic mass is 16.5. The Labute approximate surface area is 126 Å². The molecule has 4 nitrogen and oxygen atoms in total. The average molecular weight is 288 g/mol. The first-order valence-electron chi connectivity index (χ1n) is 7.88. The predicted octanol–water partition coefficient (Wildman–Crippen LogP) is 2.02. The van der Waals surface area contributed by atoms with Crippen LogP contribution in [0, 0.1) is 12.8 Å². The molecule has 1 saturated heterocycles. The highest BCUT2D eigenvalue weighted by Crippen LogP contribution is 2.29. The van der Waals surface area contributed by atoms with Crippen LogP contribution in [-0.2, 0) is 9.53 Å². The summed E-state index contributed by atoms with van der Waals surface area (Å²) < 4.78 is 5.89.